The number of ether oxygens (including phenoxy) is 1. The van der Waals surface area contributed by atoms with E-state index in [-0.39, 0.29) is 17.1 Å². The lowest BCUT2D eigenvalue weighted by atomic mass is 10.0. The molecular weight excluding hydrogens is 404 g/mol. The van der Waals surface area contributed by atoms with Crippen molar-refractivity contribution >= 4 is 17.8 Å². The van der Waals surface area contributed by atoms with Gasteiger partial charge in [0.1, 0.15) is 18.1 Å². The Morgan fingerprint density at radius 2 is 1.75 bits per heavy atom. The zero-order chi connectivity index (χ0) is 23.5. The summed E-state index contributed by atoms with van der Waals surface area (Å²) < 4.78 is 5.40. The Hall–Kier alpha value is -3.64. The van der Waals surface area contributed by atoms with E-state index in [0.717, 1.165) is 28.9 Å². The van der Waals surface area contributed by atoms with Crippen LogP contribution in [0.5, 0.6) is 11.5 Å². The van der Waals surface area contributed by atoms with Gasteiger partial charge in [0, 0.05) is 24.8 Å². The fourth-order valence-corrected chi connectivity index (χ4v) is 2.93. The van der Waals surface area contributed by atoms with Crippen LogP contribution >= 0.6 is 0 Å². The fraction of sp³-hybridized carbons (Fsp3) is 0.231. The molecule has 0 aliphatic heterocycles. The third-order valence-electron chi connectivity index (χ3n) is 4.71. The maximum Gasteiger partial charge on any atom is 0.161 e. The molecule has 0 bridgehead atoms. The number of hydrogen-bond donors (Lipinski definition) is 2. The van der Waals surface area contributed by atoms with Crippen LogP contribution in [-0.2, 0) is 0 Å². The van der Waals surface area contributed by atoms with Crippen LogP contribution in [0.2, 0.25) is 0 Å². The SMILES string of the molecule is CN(C)CCOc1ccc(O)c(C=O)c1.CNc1cc(-c2ccccc2)ccc1C(C)=O. The average molecular weight is 435 g/mol. The highest BCUT2D eigenvalue weighted by molar-refractivity contribution is 6.00. The van der Waals surface area contributed by atoms with Crippen molar-refractivity contribution in [3.63, 3.8) is 0 Å². The molecule has 0 atom stereocenters. The highest BCUT2D eigenvalue weighted by Gasteiger charge is 2.07. The van der Waals surface area contributed by atoms with Crippen molar-refractivity contribution in [1.82, 2.24) is 4.90 Å². The van der Waals surface area contributed by atoms with E-state index >= 15 is 0 Å². The molecule has 6 heteroatoms. The third kappa shape index (κ3) is 7.25. The quantitative estimate of drug-likeness (QED) is 0.394. The number of phenols is 1. The van der Waals surface area contributed by atoms with E-state index in [2.05, 4.69) is 17.4 Å². The Morgan fingerprint density at radius 1 is 1.03 bits per heavy atom. The molecule has 6 nitrogen and oxygen atoms in total. The number of Topliss-reactive ketones (excluding diaryl/α,β-unsaturated/α-hetero) is 1. The molecule has 0 saturated heterocycles. The van der Waals surface area contributed by atoms with Gasteiger partial charge in [0.2, 0.25) is 0 Å². The summed E-state index contributed by atoms with van der Waals surface area (Å²) in [4.78, 5) is 24.0. The van der Waals surface area contributed by atoms with Crippen LogP contribution in [0.4, 0.5) is 5.69 Å². The number of hydrogen-bond acceptors (Lipinski definition) is 6. The smallest absolute Gasteiger partial charge is 0.161 e. The number of rotatable bonds is 8. The van der Waals surface area contributed by atoms with E-state index in [9.17, 15) is 14.7 Å². The largest absolute Gasteiger partial charge is 0.507 e. The molecule has 0 fully saturated rings. The van der Waals surface area contributed by atoms with Crippen molar-refractivity contribution in [2.45, 2.75) is 6.92 Å². The first-order chi connectivity index (χ1) is 15.3. The number of phenolic OH excluding ortho intramolecular Hbond substituents is 1. The van der Waals surface area contributed by atoms with E-state index < -0.39 is 0 Å². The van der Waals surface area contributed by atoms with Gasteiger partial charge in [-0.25, -0.2) is 0 Å². The minimum atomic E-state index is -0.0232. The van der Waals surface area contributed by atoms with E-state index in [1.165, 1.54) is 12.1 Å². The number of carbonyl (C=O) groups excluding carboxylic acids is 2. The van der Waals surface area contributed by atoms with Crippen molar-refractivity contribution < 1.29 is 19.4 Å². The van der Waals surface area contributed by atoms with Crippen LogP contribution in [-0.4, -0.2) is 56.4 Å². The molecule has 3 rings (SSSR count). The maximum absolute atomic E-state index is 11.4. The molecule has 0 amide bonds. The number of nitrogens with one attached hydrogen (secondary N) is 1. The number of aldehydes is 1. The van der Waals surface area contributed by atoms with Gasteiger partial charge in [-0.15, -0.1) is 0 Å². The summed E-state index contributed by atoms with van der Waals surface area (Å²) in [5.41, 5.74) is 4.11. The fourth-order valence-electron chi connectivity index (χ4n) is 2.93. The number of benzene rings is 3. The van der Waals surface area contributed by atoms with Crippen molar-refractivity contribution in [1.29, 1.82) is 0 Å². The Labute approximate surface area is 189 Å². The van der Waals surface area contributed by atoms with E-state index in [4.69, 9.17) is 4.74 Å². The van der Waals surface area contributed by atoms with Crippen LogP contribution in [0.15, 0.2) is 66.7 Å². The normalized spacial score (nSPS) is 10.2. The first-order valence-corrected chi connectivity index (χ1v) is 10.3. The lowest BCUT2D eigenvalue weighted by Gasteiger charge is -2.11. The lowest BCUT2D eigenvalue weighted by molar-refractivity contribution is 0.101. The summed E-state index contributed by atoms with van der Waals surface area (Å²) in [7, 11) is 5.74. The molecule has 0 heterocycles. The minimum Gasteiger partial charge on any atom is -0.507 e. The second-order valence-electron chi connectivity index (χ2n) is 7.42. The number of ketones is 1. The summed E-state index contributed by atoms with van der Waals surface area (Å²) in [5, 5.41) is 12.3. The number of anilines is 1. The molecule has 0 spiro atoms. The minimum absolute atomic E-state index is 0.0232. The summed E-state index contributed by atoms with van der Waals surface area (Å²) in [5.74, 6) is 0.649. The number of nitrogens with zero attached hydrogens (tertiary/aromatic N) is 1. The van der Waals surface area contributed by atoms with E-state index in [0.29, 0.717) is 18.6 Å². The molecule has 0 radical (unpaired) electrons. The molecule has 0 aromatic heterocycles. The Kier molecular flexibility index (Phi) is 9.44. The summed E-state index contributed by atoms with van der Waals surface area (Å²) in [6.45, 7) is 2.94. The molecule has 0 aliphatic carbocycles. The van der Waals surface area contributed by atoms with Gasteiger partial charge in [0.15, 0.2) is 12.1 Å². The molecule has 0 unspecified atom stereocenters. The monoisotopic (exact) mass is 434 g/mol. The Morgan fingerprint density at radius 3 is 2.34 bits per heavy atom. The van der Waals surface area contributed by atoms with Crippen LogP contribution in [0, 0.1) is 0 Å². The van der Waals surface area contributed by atoms with Crippen molar-refractivity contribution in [3.05, 3.63) is 77.9 Å². The van der Waals surface area contributed by atoms with Crippen LogP contribution in [0.3, 0.4) is 0 Å². The maximum atomic E-state index is 11.4. The topological polar surface area (TPSA) is 78.9 Å². The summed E-state index contributed by atoms with van der Waals surface area (Å²) >= 11 is 0. The second-order valence-corrected chi connectivity index (χ2v) is 7.42. The predicted octanol–water partition coefficient (Wildman–Crippen LogP) is 4.74. The first kappa shape index (κ1) is 24.6. The highest BCUT2D eigenvalue weighted by atomic mass is 16.5. The Balaban J connectivity index is 0.000000229. The number of carbonyl (C=O) groups is 2. The molecule has 0 aliphatic rings. The van der Waals surface area contributed by atoms with Gasteiger partial charge in [0.05, 0.1) is 5.56 Å². The lowest BCUT2D eigenvalue weighted by Crippen LogP contribution is -2.19. The summed E-state index contributed by atoms with van der Waals surface area (Å²) in [6.07, 6.45) is 0.605. The molecule has 3 aromatic rings. The molecule has 168 valence electrons. The van der Waals surface area contributed by atoms with Gasteiger partial charge in [-0.1, -0.05) is 36.4 Å². The van der Waals surface area contributed by atoms with Crippen molar-refractivity contribution in [2.24, 2.45) is 0 Å². The third-order valence-corrected chi connectivity index (χ3v) is 4.71. The number of likely N-dealkylation sites (N-methyl/N-ethyl adjacent to an activating group) is 1. The van der Waals surface area contributed by atoms with Gasteiger partial charge < -0.3 is 20.1 Å². The Bertz CT molecular complexity index is 1030. The van der Waals surface area contributed by atoms with Crippen LogP contribution < -0.4 is 10.1 Å². The molecular formula is C26H30N2O4. The molecule has 2 N–H and O–H groups in total. The van der Waals surface area contributed by atoms with Crippen LogP contribution in [0.25, 0.3) is 11.1 Å². The average Bonchev–Trinajstić information content (AvgIpc) is 2.80. The number of aromatic hydroxyl groups is 1. The predicted molar refractivity (Wildman–Crippen MR) is 129 cm³/mol. The zero-order valence-electron chi connectivity index (χ0n) is 19.0. The van der Waals surface area contributed by atoms with Gasteiger partial charge in [-0.3, -0.25) is 9.59 Å². The first-order valence-electron chi connectivity index (χ1n) is 10.3. The van der Waals surface area contributed by atoms with Gasteiger partial charge in [0.25, 0.3) is 0 Å². The van der Waals surface area contributed by atoms with Crippen molar-refractivity contribution in [2.75, 3.05) is 39.6 Å². The standard InChI is InChI=1S/C15H15NO.C11H15NO3/c1-11(17)14-9-8-13(10-15(14)16-2)12-6-4-3-5-7-12;1-12(2)5-6-15-10-3-4-11(14)9(7-10)8-13/h3-10,16H,1-2H3;3-4,7-8,14H,5-6H2,1-2H3. The second kappa shape index (κ2) is 12.3. The molecule has 32 heavy (non-hydrogen) atoms. The molecule has 3 aromatic carbocycles. The highest BCUT2D eigenvalue weighted by Crippen LogP contribution is 2.25. The van der Waals surface area contributed by atoms with E-state index in [1.54, 1.807) is 13.0 Å². The zero-order valence-corrected chi connectivity index (χ0v) is 19.0. The molecule has 0 saturated carbocycles. The van der Waals surface area contributed by atoms with Gasteiger partial charge in [-0.05, 0) is 62.5 Å². The van der Waals surface area contributed by atoms with E-state index in [1.807, 2.05) is 62.4 Å². The van der Waals surface area contributed by atoms with Gasteiger partial charge >= 0.3 is 0 Å². The summed E-state index contributed by atoms with van der Waals surface area (Å²) in [6, 6.07) is 20.6. The van der Waals surface area contributed by atoms with Crippen molar-refractivity contribution in [3.8, 4) is 22.6 Å². The van der Waals surface area contributed by atoms with Crippen LogP contribution in [0.1, 0.15) is 27.6 Å². The van der Waals surface area contributed by atoms with Gasteiger partial charge in [-0.2, -0.15) is 0 Å².